The monoisotopic (exact) mass is 372 g/mol. The maximum Gasteiger partial charge on any atom is 0.340 e. The van der Waals surface area contributed by atoms with Gasteiger partial charge in [-0.2, -0.15) is 0 Å². The van der Waals surface area contributed by atoms with Gasteiger partial charge in [0.2, 0.25) is 0 Å². The van der Waals surface area contributed by atoms with Gasteiger partial charge in [-0.25, -0.2) is 4.79 Å². The van der Waals surface area contributed by atoms with Crippen LogP contribution in [0.15, 0.2) is 65.1 Å². The van der Waals surface area contributed by atoms with Crippen molar-refractivity contribution in [2.24, 2.45) is 0 Å². The van der Waals surface area contributed by atoms with Crippen molar-refractivity contribution in [3.63, 3.8) is 0 Å². The summed E-state index contributed by atoms with van der Waals surface area (Å²) in [6.07, 6.45) is 0. The molecule has 0 N–H and O–H groups in total. The number of carbonyl (C=O) groups excluding carboxylic acids is 1. The lowest BCUT2D eigenvalue weighted by molar-refractivity contribution is 0.0601. The van der Waals surface area contributed by atoms with Crippen LogP contribution in [-0.4, -0.2) is 13.1 Å². The molecular formula is C18H13BrO2S. The van der Waals surface area contributed by atoms with Gasteiger partial charge in [0.25, 0.3) is 0 Å². The van der Waals surface area contributed by atoms with Crippen molar-refractivity contribution in [2.75, 3.05) is 7.11 Å². The third-order valence-corrected chi connectivity index (χ3v) is 5.65. The van der Waals surface area contributed by atoms with Crippen molar-refractivity contribution in [3.8, 4) is 20.9 Å². The summed E-state index contributed by atoms with van der Waals surface area (Å²) in [5.74, 6) is -0.329. The molecule has 4 heteroatoms. The van der Waals surface area contributed by atoms with Crippen LogP contribution in [0.2, 0.25) is 0 Å². The van der Waals surface area contributed by atoms with Gasteiger partial charge in [-0.3, -0.25) is 0 Å². The van der Waals surface area contributed by atoms with Gasteiger partial charge in [0, 0.05) is 0 Å². The number of ether oxygens (including phenoxy) is 1. The van der Waals surface area contributed by atoms with Gasteiger partial charge in [0.15, 0.2) is 0 Å². The summed E-state index contributed by atoms with van der Waals surface area (Å²) in [6, 6.07) is 19.9. The number of thiophene rings is 1. The normalized spacial score (nSPS) is 10.5. The molecule has 0 unspecified atom stereocenters. The van der Waals surface area contributed by atoms with Crippen molar-refractivity contribution in [2.45, 2.75) is 0 Å². The van der Waals surface area contributed by atoms with Crippen LogP contribution in [0, 0.1) is 0 Å². The third-order valence-electron chi connectivity index (χ3n) is 3.31. The van der Waals surface area contributed by atoms with E-state index in [1.54, 1.807) is 11.3 Å². The van der Waals surface area contributed by atoms with Crippen LogP contribution in [0.5, 0.6) is 0 Å². The number of rotatable bonds is 3. The number of hydrogen-bond donors (Lipinski definition) is 0. The molecule has 0 fully saturated rings. The highest BCUT2D eigenvalue weighted by molar-refractivity contribution is 9.10. The maximum absolute atomic E-state index is 12.2. The van der Waals surface area contributed by atoms with E-state index in [2.05, 4.69) is 15.9 Å². The lowest BCUT2D eigenvalue weighted by Gasteiger charge is -2.03. The Hall–Kier alpha value is -1.91. The summed E-state index contributed by atoms with van der Waals surface area (Å²) in [5.41, 5.74) is 2.67. The maximum atomic E-state index is 12.2. The van der Waals surface area contributed by atoms with Crippen LogP contribution in [0.4, 0.5) is 0 Å². The highest BCUT2D eigenvalue weighted by Gasteiger charge is 2.24. The second-order valence-corrected chi connectivity index (χ2v) is 6.49. The lowest BCUT2D eigenvalue weighted by atomic mass is 10.1. The first-order valence-electron chi connectivity index (χ1n) is 6.74. The molecule has 1 heterocycles. The summed E-state index contributed by atoms with van der Waals surface area (Å²) in [5, 5.41) is 0. The van der Waals surface area contributed by atoms with Crippen LogP contribution in [-0.2, 0) is 4.74 Å². The summed E-state index contributed by atoms with van der Waals surface area (Å²) >= 11 is 5.18. The molecule has 3 aromatic rings. The van der Waals surface area contributed by atoms with E-state index < -0.39 is 0 Å². The van der Waals surface area contributed by atoms with Crippen molar-refractivity contribution >= 4 is 33.2 Å². The van der Waals surface area contributed by atoms with Crippen LogP contribution >= 0.6 is 27.3 Å². The van der Waals surface area contributed by atoms with Gasteiger partial charge in [-0.15, -0.1) is 11.3 Å². The van der Waals surface area contributed by atoms with Crippen molar-refractivity contribution < 1.29 is 9.53 Å². The van der Waals surface area contributed by atoms with Crippen molar-refractivity contribution in [1.82, 2.24) is 0 Å². The number of halogens is 1. The van der Waals surface area contributed by atoms with E-state index in [1.807, 2.05) is 60.7 Å². The molecular weight excluding hydrogens is 360 g/mol. The van der Waals surface area contributed by atoms with Crippen molar-refractivity contribution in [3.05, 3.63) is 70.7 Å². The van der Waals surface area contributed by atoms with Crippen LogP contribution < -0.4 is 0 Å². The molecule has 0 spiro atoms. The van der Waals surface area contributed by atoms with Crippen LogP contribution in [0.1, 0.15) is 10.4 Å². The first-order chi connectivity index (χ1) is 10.7. The fraction of sp³-hybridized carbons (Fsp3) is 0.0556. The molecule has 0 bridgehead atoms. The Balaban J connectivity index is 2.23. The smallest absolute Gasteiger partial charge is 0.340 e. The minimum atomic E-state index is -0.329. The quantitative estimate of drug-likeness (QED) is 0.556. The summed E-state index contributed by atoms with van der Waals surface area (Å²) in [7, 11) is 1.41. The number of methoxy groups -OCH3 is 1. The van der Waals surface area contributed by atoms with E-state index in [9.17, 15) is 4.79 Å². The van der Waals surface area contributed by atoms with Crippen molar-refractivity contribution in [1.29, 1.82) is 0 Å². The molecule has 2 aromatic carbocycles. The van der Waals surface area contributed by atoms with E-state index in [1.165, 1.54) is 7.11 Å². The zero-order chi connectivity index (χ0) is 15.5. The van der Waals surface area contributed by atoms with Crippen LogP contribution in [0.25, 0.3) is 20.9 Å². The third kappa shape index (κ3) is 2.72. The van der Waals surface area contributed by atoms with Gasteiger partial charge in [-0.1, -0.05) is 60.7 Å². The summed E-state index contributed by atoms with van der Waals surface area (Å²) in [4.78, 5) is 14.2. The molecule has 3 rings (SSSR count). The second kappa shape index (κ2) is 6.46. The highest BCUT2D eigenvalue weighted by atomic mass is 79.9. The van der Waals surface area contributed by atoms with Gasteiger partial charge in [0.05, 0.1) is 26.9 Å². The molecule has 0 aliphatic rings. The molecule has 0 atom stereocenters. The Morgan fingerprint density at radius 3 is 1.91 bits per heavy atom. The van der Waals surface area contributed by atoms with E-state index in [4.69, 9.17) is 4.74 Å². The number of carbonyl (C=O) groups is 1. The molecule has 0 radical (unpaired) electrons. The minimum Gasteiger partial charge on any atom is -0.465 e. The Morgan fingerprint density at radius 2 is 1.41 bits per heavy atom. The first kappa shape index (κ1) is 15.0. The molecule has 110 valence electrons. The average Bonchev–Trinajstić information content (AvgIpc) is 2.93. The first-order valence-corrected chi connectivity index (χ1v) is 8.34. The zero-order valence-corrected chi connectivity index (χ0v) is 14.3. The lowest BCUT2D eigenvalue weighted by Crippen LogP contribution is -2.02. The van der Waals surface area contributed by atoms with Gasteiger partial charge in [0.1, 0.15) is 0 Å². The zero-order valence-electron chi connectivity index (χ0n) is 11.9. The Bertz CT molecular complexity index is 795. The van der Waals surface area contributed by atoms with E-state index in [0.717, 1.165) is 25.4 Å². The fourth-order valence-electron chi connectivity index (χ4n) is 2.26. The average molecular weight is 373 g/mol. The van der Waals surface area contributed by atoms with Gasteiger partial charge >= 0.3 is 5.97 Å². The molecule has 0 saturated carbocycles. The summed E-state index contributed by atoms with van der Waals surface area (Å²) in [6.45, 7) is 0. The SMILES string of the molecule is COC(=O)c1c(-c2ccccc2)sc(-c2ccccc2)c1Br. The molecule has 0 saturated heterocycles. The summed E-state index contributed by atoms with van der Waals surface area (Å²) < 4.78 is 5.75. The minimum absolute atomic E-state index is 0.329. The molecule has 2 nitrogen and oxygen atoms in total. The topological polar surface area (TPSA) is 26.3 Å². The fourth-order valence-corrected chi connectivity index (χ4v) is 4.42. The number of benzene rings is 2. The number of esters is 1. The number of hydrogen-bond acceptors (Lipinski definition) is 3. The molecule has 0 aliphatic carbocycles. The molecule has 0 amide bonds. The Kier molecular flexibility index (Phi) is 4.41. The van der Waals surface area contributed by atoms with Gasteiger partial charge in [-0.05, 0) is 27.1 Å². The Labute approximate surface area is 141 Å². The van der Waals surface area contributed by atoms with E-state index >= 15 is 0 Å². The molecule has 0 aliphatic heterocycles. The molecule has 22 heavy (non-hydrogen) atoms. The Morgan fingerprint density at radius 1 is 0.909 bits per heavy atom. The largest absolute Gasteiger partial charge is 0.465 e. The predicted octanol–water partition coefficient (Wildman–Crippen LogP) is 5.63. The standard InChI is InChI=1S/C18H13BrO2S/c1-21-18(20)14-15(19)17(13-10-6-3-7-11-13)22-16(14)12-8-4-2-5-9-12/h2-11H,1H3. The highest BCUT2D eigenvalue weighted by Crippen LogP contribution is 2.45. The molecule has 1 aromatic heterocycles. The predicted molar refractivity (Wildman–Crippen MR) is 94.2 cm³/mol. The second-order valence-electron chi connectivity index (χ2n) is 4.67. The van der Waals surface area contributed by atoms with Gasteiger partial charge < -0.3 is 4.74 Å². The van der Waals surface area contributed by atoms with E-state index in [0.29, 0.717) is 5.56 Å². The van der Waals surface area contributed by atoms with Crippen LogP contribution in [0.3, 0.4) is 0 Å². The van der Waals surface area contributed by atoms with E-state index in [-0.39, 0.29) is 5.97 Å².